The molecule has 1 aliphatic heterocycles. The van der Waals surface area contributed by atoms with Crippen LogP contribution in [0.3, 0.4) is 0 Å². The molecule has 0 unspecified atom stereocenters. The molecule has 4 aliphatic rings. The number of nitrogens with one attached hydrogen (secondary N) is 2. The Morgan fingerprint density at radius 2 is 1.52 bits per heavy atom. The molecule has 3 saturated carbocycles. The van der Waals surface area contributed by atoms with E-state index in [2.05, 4.69) is 10.6 Å². The Morgan fingerprint density at radius 3 is 2.10 bits per heavy atom. The maximum atomic E-state index is 12.8. The second-order valence-electron chi connectivity index (χ2n) is 9.83. The molecule has 0 radical (unpaired) electrons. The van der Waals surface area contributed by atoms with E-state index >= 15 is 0 Å². The van der Waals surface area contributed by atoms with E-state index in [1.165, 1.54) is 14.2 Å². The molecular formula is C21H30N2O8. The summed E-state index contributed by atoms with van der Waals surface area (Å²) in [4.78, 5) is 49.5. The number of ether oxygens (including phenoxy) is 4. The van der Waals surface area contributed by atoms with Crippen LogP contribution < -0.4 is 10.6 Å². The lowest BCUT2D eigenvalue weighted by Gasteiger charge is -2.47. The first-order chi connectivity index (χ1) is 14.5. The van der Waals surface area contributed by atoms with Crippen molar-refractivity contribution in [3.05, 3.63) is 0 Å². The number of carbonyl (C=O) groups is 4. The Kier molecular flexibility index (Phi) is 4.99. The molecule has 1 heterocycles. The van der Waals surface area contributed by atoms with E-state index in [1.54, 1.807) is 20.8 Å². The zero-order valence-corrected chi connectivity index (χ0v) is 18.5. The normalized spacial score (nSPS) is 38.8. The molecule has 0 aromatic rings. The minimum absolute atomic E-state index is 0.0619. The van der Waals surface area contributed by atoms with Gasteiger partial charge in [0.2, 0.25) is 17.1 Å². The smallest absolute Gasteiger partial charge is 0.407 e. The van der Waals surface area contributed by atoms with E-state index in [9.17, 15) is 19.2 Å². The number of hydrogen-bond acceptors (Lipinski definition) is 8. The Morgan fingerprint density at radius 1 is 0.935 bits per heavy atom. The highest BCUT2D eigenvalue weighted by Crippen LogP contribution is 2.81. The van der Waals surface area contributed by atoms with Crippen LogP contribution in [0.15, 0.2) is 0 Å². The fourth-order valence-electron chi connectivity index (χ4n) is 6.32. The highest BCUT2D eigenvalue weighted by atomic mass is 16.7. The molecule has 2 bridgehead atoms. The van der Waals surface area contributed by atoms with Crippen LogP contribution >= 0.6 is 0 Å². The van der Waals surface area contributed by atoms with Crippen molar-refractivity contribution < 1.29 is 38.1 Å². The minimum Gasteiger partial charge on any atom is -0.467 e. The number of carbonyl (C=O) groups excluding carboxylic acids is 4. The third kappa shape index (κ3) is 2.94. The molecule has 2 N–H and O–H groups in total. The zero-order valence-electron chi connectivity index (χ0n) is 18.5. The van der Waals surface area contributed by atoms with Gasteiger partial charge in [-0.1, -0.05) is 0 Å². The van der Waals surface area contributed by atoms with E-state index in [0.29, 0.717) is 6.42 Å². The summed E-state index contributed by atoms with van der Waals surface area (Å²) in [6.45, 7) is 5.84. The summed E-state index contributed by atoms with van der Waals surface area (Å²) in [5.41, 5.74) is -3.16. The van der Waals surface area contributed by atoms with E-state index in [1.807, 2.05) is 0 Å². The number of fused-ring (bicyclic) bond motifs is 8. The maximum Gasteiger partial charge on any atom is 0.407 e. The first kappa shape index (κ1) is 21.9. The second kappa shape index (κ2) is 7.08. The standard InChI is InChI=1S/C21H30N2O8/c1-19(2,3)30-18(27)23-7-6-22-15(24)12-9-10-8-11(12)14-13(10)20(16(25)28-4)21(14,31-20)17(26)29-5/h10-14H,6-9H2,1-5H3,(H,22,24)(H,23,27)/t10-,11+,12-,13-,14+,20-,21+/m0/s1. The van der Waals surface area contributed by atoms with Gasteiger partial charge in [-0.2, -0.15) is 0 Å². The van der Waals surface area contributed by atoms with E-state index in [-0.39, 0.29) is 48.6 Å². The molecule has 7 atom stereocenters. The molecule has 31 heavy (non-hydrogen) atoms. The molecule has 4 rings (SSSR count). The van der Waals surface area contributed by atoms with Crippen LogP contribution in [0.25, 0.3) is 0 Å². The molecule has 0 spiro atoms. The summed E-state index contributed by atoms with van der Waals surface area (Å²) >= 11 is 0. The lowest BCUT2D eigenvalue weighted by molar-refractivity contribution is -0.166. The van der Waals surface area contributed by atoms with Crippen LogP contribution in [0.5, 0.6) is 0 Å². The number of esters is 2. The molecule has 1 saturated heterocycles. The topological polar surface area (TPSA) is 133 Å². The number of rotatable bonds is 6. The summed E-state index contributed by atoms with van der Waals surface area (Å²) in [6, 6.07) is 0. The predicted octanol–water partition coefficient (Wildman–Crippen LogP) is 0.383. The summed E-state index contributed by atoms with van der Waals surface area (Å²) in [5, 5.41) is 5.46. The van der Waals surface area contributed by atoms with Crippen molar-refractivity contribution >= 4 is 23.9 Å². The lowest BCUT2D eigenvalue weighted by Crippen LogP contribution is -2.66. The second-order valence-corrected chi connectivity index (χ2v) is 9.83. The summed E-state index contributed by atoms with van der Waals surface area (Å²) in [7, 11) is 2.55. The molecule has 3 aliphatic carbocycles. The van der Waals surface area contributed by atoms with Crippen molar-refractivity contribution in [3.8, 4) is 0 Å². The van der Waals surface area contributed by atoms with Gasteiger partial charge in [0.15, 0.2) is 0 Å². The van der Waals surface area contributed by atoms with Crippen LogP contribution in [-0.4, -0.2) is 68.1 Å². The Bertz CT molecular complexity index is 823. The van der Waals surface area contributed by atoms with Crippen LogP contribution in [0, 0.1) is 29.6 Å². The van der Waals surface area contributed by atoms with Crippen molar-refractivity contribution in [1.82, 2.24) is 10.6 Å². The Balaban J connectivity index is 1.35. The van der Waals surface area contributed by atoms with Crippen LogP contribution in [-0.2, 0) is 33.3 Å². The summed E-state index contributed by atoms with van der Waals surface area (Å²) in [6.07, 6.45) is 0.866. The Labute approximate surface area is 180 Å². The van der Waals surface area contributed by atoms with E-state index in [4.69, 9.17) is 18.9 Å². The molecule has 172 valence electrons. The highest BCUT2D eigenvalue weighted by molar-refractivity contribution is 6.02. The summed E-state index contributed by atoms with van der Waals surface area (Å²) < 4.78 is 20.8. The molecule has 0 aromatic carbocycles. The van der Waals surface area contributed by atoms with E-state index in [0.717, 1.165) is 6.42 Å². The van der Waals surface area contributed by atoms with E-state index < -0.39 is 34.8 Å². The van der Waals surface area contributed by atoms with Crippen LogP contribution in [0.2, 0.25) is 0 Å². The van der Waals surface area contributed by atoms with Crippen molar-refractivity contribution in [2.24, 2.45) is 29.6 Å². The monoisotopic (exact) mass is 438 g/mol. The third-order valence-electron chi connectivity index (χ3n) is 7.18. The fourth-order valence-corrected chi connectivity index (χ4v) is 6.32. The van der Waals surface area contributed by atoms with Gasteiger partial charge in [-0.25, -0.2) is 14.4 Å². The molecule has 4 fully saturated rings. The molecule has 2 amide bonds. The summed E-state index contributed by atoms with van der Waals surface area (Å²) in [5.74, 6) is -1.80. The minimum atomic E-state index is -1.32. The highest BCUT2D eigenvalue weighted by Gasteiger charge is 2.99. The first-order valence-corrected chi connectivity index (χ1v) is 10.6. The fraction of sp³-hybridized carbons (Fsp3) is 0.810. The Hall–Kier alpha value is -2.36. The van der Waals surface area contributed by atoms with Gasteiger partial charge in [-0.15, -0.1) is 0 Å². The molecule has 10 nitrogen and oxygen atoms in total. The molecule has 10 heteroatoms. The van der Waals surface area contributed by atoms with Gasteiger partial charge in [0.05, 0.1) is 14.2 Å². The quantitative estimate of drug-likeness (QED) is 0.263. The largest absolute Gasteiger partial charge is 0.467 e. The average molecular weight is 438 g/mol. The number of hydrogen-bond donors (Lipinski definition) is 2. The van der Waals surface area contributed by atoms with Crippen molar-refractivity contribution in [1.29, 1.82) is 0 Å². The number of methoxy groups -OCH3 is 2. The van der Waals surface area contributed by atoms with Gasteiger partial charge in [-0.3, -0.25) is 4.79 Å². The number of amides is 2. The maximum absolute atomic E-state index is 12.8. The van der Waals surface area contributed by atoms with Crippen molar-refractivity contribution in [3.63, 3.8) is 0 Å². The van der Waals surface area contributed by atoms with Crippen molar-refractivity contribution in [2.75, 3.05) is 27.3 Å². The van der Waals surface area contributed by atoms with Gasteiger partial charge >= 0.3 is 18.0 Å². The predicted molar refractivity (Wildman–Crippen MR) is 105 cm³/mol. The molecule has 0 aromatic heterocycles. The van der Waals surface area contributed by atoms with Crippen LogP contribution in [0.4, 0.5) is 4.79 Å². The average Bonchev–Trinajstić information content (AvgIpc) is 2.96. The van der Waals surface area contributed by atoms with Gasteiger partial charge in [0.1, 0.15) is 5.60 Å². The SMILES string of the molecule is COC(=O)[C@]12O[C@@]1(C(=O)OC)[C@@H]1[C@@H]3C[C@@H](C[C@@H]3C(=O)NCCNC(=O)OC(C)(C)C)[C@@H]12. The van der Waals surface area contributed by atoms with Crippen LogP contribution in [0.1, 0.15) is 33.6 Å². The number of alkyl carbamates (subject to hydrolysis) is 1. The number of epoxide rings is 1. The lowest BCUT2D eigenvalue weighted by atomic mass is 9.50. The van der Waals surface area contributed by atoms with Gasteiger partial charge in [-0.05, 0) is 45.4 Å². The van der Waals surface area contributed by atoms with Gasteiger partial charge in [0, 0.05) is 30.8 Å². The van der Waals surface area contributed by atoms with Gasteiger partial charge < -0.3 is 29.6 Å². The van der Waals surface area contributed by atoms with Crippen molar-refractivity contribution in [2.45, 2.75) is 50.4 Å². The molecular weight excluding hydrogens is 408 g/mol. The third-order valence-corrected chi connectivity index (χ3v) is 7.18. The zero-order chi connectivity index (χ0) is 22.8. The first-order valence-electron chi connectivity index (χ1n) is 10.6. The van der Waals surface area contributed by atoms with Gasteiger partial charge in [0.25, 0.3) is 0 Å².